The fourth-order valence-electron chi connectivity index (χ4n) is 3.84. The normalized spacial score (nSPS) is 15.8. The van der Waals surface area contributed by atoms with Gasteiger partial charge in [-0.15, -0.1) is 0 Å². The molecule has 3 aromatic rings. The largest absolute Gasteiger partial charge is 0.417 e. The highest BCUT2D eigenvalue weighted by molar-refractivity contribution is 9.10. The summed E-state index contributed by atoms with van der Waals surface area (Å²) in [5.74, 6) is -0.468. The van der Waals surface area contributed by atoms with Crippen molar-refractivity contribution in [3.05, 3.63) is 72.4 Å². The molecule has 3 heterocycles. The van der Waals surface area contributed by atoms with Gasteiger partial charge in [0.2, 0.25) is 0 Å². The van der Waals surface area contributed by atoms with Crippen molar-refractivity contribution in [2.45, 2.75) is 32.1 Å². The number of pyridine rings is 1. The van der Waals surface area contributed by atoms with Crippen LogP contribution in [0.1, 0.15) is 34.1 Å². The Bertz CT molecular complexity index is 1440. The van der Waals surface area contributed by atoms with E-state index < -0.39 is 29.2 Å². The quantitative estimate of drug-likeness (QED) is 0.414. The van der Waals surface area contributed by atoms with Crippen LogP contribution in [0.4, 0.5) is 24.7 Å². The topological polar surface area (TPSA) is 123 Å². The van der Waals surface area contributed by atoms with Crippen LogP contribution in [0, 0.1) is 4.77 Å². The molecule has 2 aromatic heterocycles. The number of carbonyl (C=O) groups is 1. The number of anilines is 2. The van der Waals surface area contributed by atoms with Crippen LogP contribution in [0.2, 0.25) is 0 Å². The van der Waals surface area contributed by atoms with Gasteiger partial charge in [-0.2, -0.15) is 13.2 Å². The highest BCUT2D eigenvalue weighted by atomic mass is 79.9. The number of H-pyrrole nitrogens is 1. The molecule has 1 aliphatic rings. The van der Waals surface area contributed by atoms with Crippen LogP contribution in [-0.4, -0.2) is 31.4 Å². The fraction of sp³-hybridized carbons (Fsp3) is 0.238. The maximum atomic E-state index is 13.3. The van der Waals surface area contributed by atoms with E-state index in [4.69, 9.17) is 23.7 Å². The second kappa shape index (κ2) is 8.55. The molecule has 0 bridgehead atoms. The van der Waals surface area contributed by atoms with Crippen molar-refractivity contribution in [1.82, 2.24) is 19.4 Å². The Kier molecular flexibility index (Phi) is 6.02. The van der Waals surface area contributed by atoms with Gasteiger partial charge in [-0.25, -0.2) is 4.98 Å². The summed E-state index contributed by atoms with van der Waals surface area (Å²) in [6.45, 7) is 1.70. The number of nitrogens with one attached hydrogen (secondary N) is 1. The van der Waals surface area contributed by atoms with Crippen LogP contribution < -0.4 is 17.0 Å². The molecule has 0 unspecified atom stereocenters. The third-order valence-electron chi connectivity index (χ3n) is 5.62. The van der Waals surface area contributed by atoms with Crippen LogP contribution in [0.15, 0.2) is 39.7 Å². The first-order valence-electron chi connectivity index (χ1n) is 9.94. The maximum Gasteiger partial charge on any atom is 0.417 e. The van der Waals surface area contributed by atoms with Gasteiger partial charge in [0.15, 0.2) is 4.77 Å². The average molecular weight is 555 g/mol. The Morgan fingerprint density at radius 3 is 2.65 bits per heavy atom. The molecule has 4 rings (SSSR count). The Balaban J connectivity index is 1.72. The van der Waals surface area contributed by atoms with Crippen molar-refractivity contribution in [3.8, 4) is 5.69 Å². The Morgan fingerprint density at radius 2 is 2.00 bits per heavy atom. The fourth-order valence-corrected chi connectivity index (χ4v) is 4.63. The number of carbonyl (C=O) groups excluding carboxylic acids is 1. The van der Waals surface area contributed by atoms with Crippen LogP contribution >= 0.6 is 28.1 Å². The van der Waals surface area contributed by atoms with Gasteiger partial charge < -0.3 is 21.4 Å². The molecule has 1 atom stereocenters. The van der Waals surface area contributed by atoms with E-state index in [1.165, 1.54) is 33.9 Å². The molecule has 0 saturated carbocycles. The molecular weight excluding hydrogens is 537 g/mol. The summed E-state index contributed by atoms with van der Waals surface area (Å²) in [5, 5.41) is 0. The van der Waals surface area contributed by atoms with Crippen molar-refractivity contribution < 1.29 is 18.0 Å². The van der Waals surface area contributed by atoms with Crippen LogP contribution in [0.3, 0.4) is 0 Å². The number of fused-ring (bicyclic) bond motifs is 1. The summed E-state index contributed by atoms with van der Waals surface area (Å²) in [4.78, 5) is 34.7. The lowest BCUT2D eigenvalue weighted by Gasteiger charge is -2.34. The van der Waals surface area contributed by atoms with Gasteiger partial charge in [-0.3, -0.25) is 14.2 Å². The molecule has 8 nitrogen and oxygen atoms in total. The molecule has 1 amide bonds. The SMILES string of the molecule is C[C@@H]1Cc2c([nH]c(=S)n(-c3cnc(N)c(N)c3)c2=O)CN1C(=O)c1ccc(Br)c(C(F)(F)F)c1. The van der Waals surface area contributed by atoms with Gasteiger partial charge in [-0.05, 0) is 49.8 Å². The molecule has 0 radical (unpaired) electrons. The molecule has 0 spiro atoms. The molecule has 1 aliphatic heterocycles. The van der Waals surface area contributed by atoms with E-state index in [9.17, 15) is 22.8 Å². The van der Waals surface area contributed by atoms with Crippen LogP contribution in [-0.2, 0) is 19.1 Å². The lowest BCUT2D eigenvalue weighted by atomic mass is 9.98. The van der Waals surface area contributed by atoms with E-state index in [0.717, 1.165) is 6.07 Å². The van der Waals surface area contributed by atoms with E-state index in [1.54, 1.807) is 6.92 Å². The van der Waals surface area contributed by atoms with E-state index >= 15 is 0 Å². The van der Waals surface area contributed by atoms with E-state index in [-0.39, 0.29) is 39.3 Å². The number of nitrogen functional groups attached to an aromatic ring is 2. The monoisotopic (exact) mass is 554 g/mol. The summed E-state index contributed by atoms with van der Waals surface area (Å²) in [7, 11) is 0. The third-order valence-corrected chi connectivity index (χ3v) is 6.60. The molecular formula is C21H18BrF3N6O2S. The highest BCUT2D eigenvalue weighted by Crippen LogP contribution is 2.36. The first kappa shape index (κ1) is 24.0. The van der Waals surface area contributed by atoms with Crippen molar-refractivity contribution in [2.75, 3.05) is 11.5 Å². The molecule has 1 aromatic carbocycles. The summed E-state index contributed by atoms with van der Waals surface area (Å²) in [6.07, 6.45) is -3.07. The van der Waals surface area contributed by atoms with E-state index in [2.05, 4.69) is 25.9 Å². The molecule has 34 heavy (non-hydrogen) atoms. The zero-order valence-corrected chi connectivity index (χ0v) is 20.0. The van der Waals surface area contributed by atoms with Gasteiger partial charge in [-0.1, -0.05) is 15.9 Å². The highest BCUT2D eigenvalue weighted by Gasteiger charge is 2.35. The number of nitrogens with two attached hydrogens (primary N) is 2. The van der Waals surface area contributed by atoms with Crippen molar-refractivity contribution >= 4 is 45.6 Å². The molecule has 0 aliphatic carbocycles. The minimum atomic E-state index is -4.62. The lowest BCUT2D eigenvalue weighted by molar-refractivity contribution is -0.138. The standard InChI is InChI=1S/C21H18BrF3N6O2S/c1-9-4-12-16(29-20(34)31(19(12)33)11-6-15(26)17(27)28-7-11)8-30(9)18(32)10-2-3-14(22)13(5-10)21(23,24)25/h2-3,5-7,9H,4,8,26H2,1H3,(H2,27,28)(H,29,34)/t9-/m1/s1. The number of amides is 1. The van der Waals surface area contributed by atoms with Crippen molar-refractivity contribution in [3.63, 3.8) is 0 Å². The lowest BCUT2D eigenvalue weighted by Crippen LogP contribution is -2.45. The molecule has 13 heteroatoms. The zero-order chi connectivity index (χ0) is 24.9. The molecule has 178 valence electrons. The van der Waals surface area contributed by atoms with E-state index in [0.29, 0.717) is 16.9 Å². The first-order valence-corrected chi connectivity index (χ1v) is 11.1. The zero-order valence-electron chi connectivity index (χ0n) is 17.6. The van der Waals surface area contributed by atoms with Gasteiger partial charge in [0.25, 0.3) is 11.5 Å². The third kappa shape index (κ3) is 4.20. The number of hydrogen-bond acceptors (Lipinski definition) is 6. The van der Waals surface area contributed by atoms with Gasteiger partial charge in [0.1, 0.15) is 5.82 Å². The average Bonchev–Trinajstić information content (AvgIpc) is 2.75. The Labute approximate surface area is 204 Å². The van der Waals surface area contributed by atoms with Crippen LogP contribution in [0.25, 0.3) is 5.69 Å². The summed E-state index contributed by atoms with van der Waals surface area (Å²) < 4.78 is 41.0. The van der Waals surface area contributed by atoms with Crippen molar-refractivity contribution in [1.29, 1.82) is 0 Å². The van der Waals surface area contributed by atoms with E-state index in [1.807, 2.05) is 0 Å². The smallest absolute Gasteiger partial charge is 0.396 e. The first-order chi connectivity index (χ1) is 15.9. The number of alkyl halides is 3. The molecule has 0 saturated heterocycles. The minimum absolute atomic E-state index is 0.0193. The number of aromatic nitrogens is 3. The number of nitrogens with zero attached hydrogens (tertiary/aromatic N) is 3. The number of hydrogen-bond donors (Lipinski definition) is 3. The van der Waals surface area contributed by atoms with Gasteiger partial charge >= 0.3 is 6.18 Å². The summed E-state index contributed by atoms with van der Waals surface area (Å²) in [6, 6.07) is 4.35. The minimum Gasteiger partial charge on any atom is -0.396 e. The van der Waals surface area contributed by atoms with Gasteiger partial charge in [0, 0.05) is 27.3 Å². The number of benzene rings is 1. The Hall–Kier alpha value is -3.19. The number of rotatable bonds is 2. The predicted molar refractivity (Wildman–Crippen MR) is 126 cm³/mol. The second-order valence-electron chi connectivity index (χ2n) is 7.87. The Morgan fingerprint density at radius 1 is 1.29 bits per heavy atom. The molecule has 0 fully saturated rings. The van der Waals surface area contributed by atoms with Crippen LogP contribution in [0.5, 0.6) is 0 Å². The number of halogens is 4. The summed E-state index contributed by atoms with van der Waals surface area (Å²) in [5.41, 5.74) is 11.4. The predicted octanol–water partition coefficient (Wildman–Crippen LogP) is 3.82. The van der Waals surface area contributed by atoms with Gasteiger partial charge in [0.05, 0.1) is 29.7 Å². The molecule has 5 N–H and O–H groups in total. The van der Waals surface area contributed by atoms with Crippen molar-refractivity contribution in [2.24, 2.45) is 0 Å². The summed E-state index contributed by atoms with van der Waals surface area (Å²) >= 11 is 8.23. The number of aromatic amines is 1. The maximum absolute atomic E-state index is 13.3. The second-order valence-corrected chi connectivity index (χ2v) is 9.12.